The van der Waals surface area contributed by atoms with Crippen LogP contribution in [0.25, 0.3) is 0 Å². The van der Waals surface area contributed by atoms with Crippen LogP contribution in [0.4, 0.5) is 5.69 Å². The molecule has 5 nitrogen and oxygen atoms in total. The molecule has 1 amide bonds. The maximum absolute atomic E-state index is 13.2. The molecule has 4 rings (SSSR count). The van der Waals surface area contributed by atoms with E-state index in [1.807, 2.05) is 66.2 Å². The van der Waals surface area contributed by atoms with Crippen molar-refractivity contribution in [3.8, 4) is 5.75 Å². The molecule has 2 heterocycles. The molecular weight excluding hydrogens is 438 g/mol. The van der Waals surface area contributed by atoms with Gasteiger partial charge in [0, 0.05) is 15.9 Å². The van der Waals surface area contributed by atoms with Gasteiger partial charge in [-0.2, -0.15) is 0 Å². The Labute approximate surface area is 176 Å². The number of carbonyl (C=O) groups is 1. The zero-order valence-corrected chi connectivity index (χ0v) is 17.9. The lowest BCUT2D eigenvalue weighted by Gasteiger charge is -2.34. The summed E-state index contributed by atoms with van der Waals surface area (Å²) < 4.78 is 8.29. The van der Waals surface area contributed by atoms with E-state index < -0.39 is 0 Å². The molecule has 144 valence electrons. The topological polar surface area (TPSA) is 55.3 Å². The number of halogens is 1. The van der Waals surface area contributed by atoms with Crippen molar-refractivity contribution in [2.45, 2.75) is 23.2 Å². The van der Waals surface area contributed by atoms with E-state index in [9.17, 15) is 4.79 Å². The number of benzene rings is 2. The Morgan fingerprint density at radius 2 is 1.82 bits per heavy atom. The van der Waals surface area contributed by atoms with Gasteiger partial charge in [0.25, 0.3) is 0 Å². The third kappa shape index (κ3) is 3.77. The Bertz CT molecular complexity index is 986. The molecule has 0 spiro atoms. The van der Waals surface area contributed by atoms with Crippen molar-refractivity contribution < 1.29 is 9.53 Å². The smallest absolute Gasteiger partial charge is 0.240 e. The van der Waals surface area contributed by atoms with Gasteiger partial charge in [-0.05, 0) is 61.0 Å². The molecule has 2 N–H and O–H groups in total. The Morgan fingerprint density at radius 3 is 2.50 bits per heavy atom. The molecule has 28 heavy (non-hydrogen) atoms. The number of ether oxygens (including phenoxy) is 1. The quantitative estimate of drug-likeness (QED) is 0.580. The van der Waals surface area contributed by atoms with Gasteiger partial charge in [-0.1, -0.05) is 39.8 Å². The van der Waals surface area contributed by atoms with E-state index in [4.69, 9.17) is 4.74 Å². The molecule has 0 unspecified atom stereocenters. The third-order valence-corrected chi connectivity index (χ3v) is 6.53. The summed E-state index contributed by atoms with van der Waals surface area (Å²) in [5, 5.41) is 3.75. The second kappa shape index (κ2) is 7.93. The summed E-state index contributed by atoms with van der Waals surface area (Å²) in [4.78, 5) is 13.2. The fraction of sp³-hybridized carbons (Fsp3) is 0.190. The Balaban J connectivity index is 1.64. The third-order valence-electron chi connectivity index (χ3n) is 4.70. The van der Waals surface area contributed by atoms with Crippen molar-refractivity contribution >= 4 is 39.3 Å². The van der Waals surface area contributed by atoms with Gasteiger partial charge in [0.2, 0.25) is 5.91 Å². The monoisotopic (exact) mass is 457 g/mol. The van der Waals surface area contributed by atoms with Crippen molar-refractivity contribution in [2.24, 2.45) is 0 Å². The van der Waals surface area contributed by atoms with Crippen LogP contribution in [0, 0.1) is 6.92 Å². The molecular formula is C21H20BrN3O2S. The largest absolute Gasteiger partial charge is 0.497 e. The van der Waals surface area contributed by atoms with Gasteiger partial charge in [-0.15, -0.1) is 0 Å². The highest BCUT2D eigenvalue weighted by molar-refractivity contribution is 9.10. The fourth-order valence-electron chi connectivity index (χ4n) is 3.19. The minimum Gasteiger partial charge on any atom is -0.497 e. The summed E-state index contributed by atoms with van der Waals surface area (Å²) in [5.41, 5.74) is 6.42. The number of carbonyl (C=O) groups excluding carboxylic acids is 1. The minimum absolute atomic E-state index is 0.0363. The van der Waals surface area contributed by atoms with Gasteiger partial charge >= 0.3 is 0 Å². The van der Waals surface area contributed by atoms with Crippen molar-refractivity contribution in [3.63, 3.8) is 0 Å². The highest BCUT2D eigenvalue weighted by Gasteiger charge is 2.36. The lowest BCUT2D eigenvalue weighted by molar-refractivity contribution is -0.116. The van der Waals surface area contributed by atoms with Crippen LogP contribution in [0.5, 0.6) is 5.75 Å². The predicted octanol–water partition coefficient (Wildman–Crippen LogP) is 4.97. The normalized spacial score (nSPS) is 18.1. The number of aromatic nitrogens is 1. The fourth-order valence-corrected chi connectivity index (χ4v) is 4.68. The maximum atomic E-state index is 13.2. The number of fused-ring (bicyclic) bond motifs is 1. The van der Waals surface area contributed by atoms with Crippen molar-refractivity contribution in [2.75, 3.05) is 17.9 Å². The molecule has 1 aromatic heterocycles. The van der Waals surface area contributed by atoms with Crippen LogP contribution in [0.1, 0.15) is 17.3 Å². The molecule has 0 saturated carbocycles. The number of aryl methyl sites for hydroxylation is 1. The first-order valence-electron chi connectivity index (χ1n) is 8.87. The lowest BCUT2D eigenvalue weighted by Crippen LogP contribution is -2.41. The summed E-state index contributed by atoms with van der Waals surface area (Å²) in [6, 6.07) is 19.4. The summed E-state index contributed by atoms with van der Waals surface area (Å²) in [6.45, 7) is 2.05. The van der Waals surface area contributed by atoms with Crippen LogP contribution in [0.15, 0.2) is 70.2 Å². The number of nitrogens with zero attached hydrogens (tertiary/aromatic N) is 1. The van der Waals surface area contributed by atoms with E-state index in [2.05, 4.69) is 32.7 Å². The van der Waals surface area contributed by atoms with E-state index >= 15 is 0 Å². The van der Waals surface area contributed by atoms with Crippen LogP contribution < -0.4 is 15.5 Å². The molecule has 3 aromatic rings. The first-order valence-corrected chi connectivity index (χ1v) is 10.5. The summed E-state index contributed by atoms with van der Waals surface area (Å²) in [6.07, 6.45) is 0. The lowest BCUT2D eigenvalue weighted by atomic mass is 10.0. The minimum atomic E-state index is -0.321. The van der Waals surface area contributed by atoms with Gasteiger partial charge in [0.1, 0.15) is 11.0 Å². The van der Waals surface area contributed by atoms with Crippen molar-refractivity contribution in [1.29, 1.82) is 0 Å². The Morgan fingerprint density at radius 1 is 1.11 bits per heavy atom. The summed E-state index contributed by atoms with van der Waals surface area (Å²) in [7, 11) is 1.65. The van der Waals surface area contributed by atoms with Crippen LogP contribution in [0.2, 0.25) is 0 Å². The highest BCUT2D eigenvalue weighted by Crippen LogP contribution is 2.39. The number of hydrogen-bond donors (Lipinski definition) is 2. The zero-order chi connectivity index (χ0) is 19.7. The first-order chi connectivity index (χ1) is 13.5. The molecule has 0 radical (unpaired) electrons. The van der Waals surface area contributed by atoms with Crippen LogP contribution in [-0.2, 0) is 4.79 Å². The average molecular weight is 458 g/mol. The number of thioether (sulfide) groups is 1. The van der Waals surface area contributed by atoms with Gasteiger partial charge in [-0.25, -0.2) is 0 Å². The molecule has 2 aromatic carbocycles. The molecule has 0 saturated heterocycles. The second-order valence-electron chi connectivity index (χ2n) is 6.56. The number of amides is 1. The van der Waals surface area contributed by atoms with Crippen molar-refractivity contribution in [1.82, 2.24) is 4.68 Å². The van der Waals surface area contributed by atoms with Crippen LogP contribution >= 0.6 is 27.7 Å². The molecule has 1 aliphatic rings. The molecule has 2 atom stereocenters. The number of hydrogen-bond acceptors (Lipinski definition) is 4. The van der Waals surface area contributed by atoms with Crippen molar-refractivity contribution in [3.05, 3.63) is 76.4 Å². The predicted molar refractivity (Wildman–Crippen MR) is 117 cm³/mol. The molecule has 0 aliphatic carbocycles. The molecule has 1 aliphatic heterocycles. The molecule has 0 bridgehead atoms. The van der Waals surface area contributed by atoms with E-state index in [-0.39, 0.29) is 17.2 Å². The molecule has 7 heteroatoms. The van der Waals surface area contributed by atoms with E-state index in [0.717, 1.165) is 32.2 Å². The average Bonchev–Trinajstić information content (AvgIpc) is 3.09. The summed E-state index contributed by atoms with van der Waals surface area (Å²) in [5.74, 6) is 0.756. The number of rotatable bonds is 4. The van der Waals surface area contributed by atoms with E-state index in [1.54, 1.807) is 18.9 Å². The number of methoxy groups -OCH3 is 1. The summed E-state index contributed by atoms with van der Waals surface area (Å²) >= 11 is 4.99. The van der Waals surface area contributed by atoms with Gasteiger partial charge < -0.3 is 15.5 Å². The zero-order valence-electron chi connectivity index (χ0n) is 15.5. The van der Waals surface area contributed by atoms with E-state index in [1.165, 1.54) is 0 Å². The standard InChI is InChI=1S/C21H20BrN3O2S/c1-13-3-12-18-25(13)24-19(14-4-10-17(27-2)11-5-14)20(28-18)21(26)23-16-8-6-15(22)7-9-16/h3-12,19-20,24H,1-2H3,(H,23,26)/t19-,20-/m0/s1. The number of anilines is 1. The van der Waals surface area contributed by atoms with Gasteiger partial charge in [0.05, 0.1) is 18.2 Å². The second-order valence-corrected chi connectivity index (χ2v) is 8.64. The van der Waals surface area contributed by atoms with Gasteiger partial charge in [0.15, 0.2) is 0 Å². The Kier molecular flexibility index (Phi) is 5.37. The Hall–Kier alpha value is -2.38. The van der Waals surface area contributed by atoms with Crippen LogP contribution in [0.3, 0.4) is 0 Å². The molecule has 0 fully saturated rings. The SMILES string of the molecule is COc1ccc([C@@H]2Nn3c(C)ccc3S[C@@H]2C(=O)Nc2ccc(Br)cc2)cc1. The van der Waals surface area contributed by atoms with Gasteiger partial charge in [-0.3, -0.25) is 9.47 Å². The van der Waals surface area contributed by atoms with Crippen LogP contribution in [-0.4, -0.2) is 22.9 Å². The number of nitrogens with one attached hydrogen (secondary N) is 2. The highest BCUT2D eigenvalue weighted by atomic mass is 79.9. The maximum Gasteiger partial charge on any atom is 0.240 e. The van der Waals surface area contributed by atoms with E-state index in [0.29, 0.717) is 0 Å². The first kappa shape index (κ1) is 19.0.